The Hall–Kier alpha value is -0.790. The average Bonchev–Trinajstić information content (AvgIpc) is 2.22. The summed E-state index contributed by atoms with van der Waals surface area (Å²) in [5, 5.41) is 0. The third-order valence-electron chi connectivity index (χ3n) is 3.44. The molecule has 0 amide bonds. The zero-order valence-electron chi connectivity index (χ0n) is 11.0. The van der Waals surface area contributed by atoms with E-state index in [1.54, 1.807) is 0 Å². The van der Waals surface area contributed by atoms with E-state index in [2.05, 4.69) is 6.92 Å². The SMILES string of the molecule is CCC(C(=O)OC1CCC(C)CC1)=C(C)C. The van der Waals surface area contributed by atoms with E-state index >= 15 is 0 Å². The molecule has 0 aliphatic heterocycles. The molecule has 1 rings (SSSR count). The Labute approximate surface area is 99.1 Å². The van der Waals surface area contributed by atoms with Crippen molar-refractivity contribution in [3.05, 3.63) is 11.1 Å². The van der Waals surface area contributed by atoms with Gasteiger partial charge >= 0.3 is 5.97 Å². The lowest BCUT2D eigenvalue weighted by atomic mass is 9.89. The second-order valence-electron chi connectivity index (χ2n) is 5.12. The van der Waals surface area contributed by atoms with Crippen LogP contribution in [0.2, 0.25) is 0 Å². The maximum atomic E-state index is 11.9. The highest BCUT2D eigenvalue weighted by atomic mass is 16.5. The van der Waals surface area contributed by atoms with E-state index in [1.165, 1.54) is 12.8 Å². The summed E-state index contributed by atoms with van der Waals surface area (Å²) in [6, 6.07) is 0. The third kappa shape index (κ3) is 3.66. The Morgan fingerprint density at radius 3 is 2.19 bits per heavy atom. The average molecular weight is 224 g/mol. The molecule has 0 radical (unpaired) electrons. The Morgan fingerprint density at radius 2 is 1.75 bits per heavy atom. The minimum absolute atomic E-state index is 0.0953. The Bertz CT molecular complexity index is 266. The van der Waals surface area contributed by atoms with Crippen molar-refractivity contribution in [3.63, 3.8) is 0 Å². The molecule has 0 unspecified atom stereocenters. The molecule has 1 aliphatic rings. The van der Waals surface area contributed by atoms with Gasteiger partial charge in [-0.05, 0) is 51.9 Å². The van der Waals surface area contributed by atoms with Crippen LogP contribution in [0.1, 0.15) is 59.8 Å². The van der Waals surface area contributed by atoms with Crippen molar-refractivity contribution in [1.29, 1.82) is 0 Å². The van der Waals surface area contributed by atoms with E-state index in [4.69, 9.17) is 4.74 Å². The van der Waals surface area contributed by atoms with Crippen LogP contribution in [0.3, 0.4) is 0 Å². The van der Waals surface area contributed by atoms with Crippen LogP contribution in [0, 0.1) is 5.92 Å². The van der Waals surface area contributed by atoms with Gasteiger partial charge in [0.05, 0.1) is 0 Å². The second-order valence-corrected chi connectivity index (χ2v) is 5.12. The number of allylic oxidation sites excluding steroid dienone is 1. The molecule has 1 aliphatic carbocycles. The molecule has 16 heavy (non-hydrogen) atoms. The molecule has 92 valence electrons. The first-order valence-corrected chi connectivity index (χ1v) is 6.41. The topological polar surface area (TPSA) is 26.3 Å². The maximum Gasteiger partial charge on any atom is 0.334 e. The molecule has 0 heterocycles. The Morgan fingerprint density at radius 1 is 1.19 bits per heavy atom. The van der Waals surface area contributed by atoms with Crippen molar-refractivity contribution in [2.24, 2.45) is 5.92 Å². The molecule has 1 saturated carbocycles. The lowest BCUT2D eigenvalue weighted by Gasteiger charge is -2.26. The number of carbonyl (C=O) groups is 1. The molecule has 0 spiro atoms. The van der Waals surface area contributed by atoms with Crippen molar-refractivity contribution in [2.45, 2.75) is 65.9 Å². The second kappa shape index (κ2) is 6.07. The summed E-state index contributed by atoms with van der Waals surface area (Å²) in [5.74, 6) is 0.700. The van der Waals surface area contributed by atoms with Crippen molar-refractivity contribution in [2.75, 3.05) is 0 Å². The van der Waals surface area contributed by atoms with Crippen LogP contribution in [0.4, 0.5) is 0 Å². The van der Waals surface area contributed by atoms with Gasteiger partial charge in [0.1, 0.15) is 6.10 Å². The van der Waals surface area contributed by atoms with Crippen molar-refractivity contribution in [3.8, 4) is 0 Å². The zero-order valence-corrected chi connectivity index (χ0v) is 11.0. The maximum absolute atomic E-state index is 11.9. The predicted molar refractivity (Wildman–Crippen MR) is 66.2 cm³/mol. The molecular weight excluding hydrogens is 200 g/mol. The van der Waals surface area contributed by atoms with Crippen LogP contribution < -0.4 is 0 Å². The first-order chi connectivity index (χ1) is 7.54. The number of esters is 1. The summed E-state index contributed by atoms with van der Waals surface area (Å²) >= 11 is 0. The van der Waals surface area contributed by atoms with E-state index in [1.807, 2.05) is 20.8 Å². The third-order valence-corrected chi connectivity index (χ3v) is 3.44. The van der Waals surface area contributed by atoms with Crippen LogP contribution >= 0.6 is 0 Å². The highest BCUT2D eigenvalue weighted by Gasteiger charge is 2.22. The first-order valence-electron chi connectivity index (χ1n) is 6.41. The summed E-state index contributed by atoms with van der Waals surface area (Å²) in [7, 11) is 0. The first kappa shape index (κ1) is 13.3. The molecular formula is C14H24O2. The molecule has 2 nitrogen and oxygen atoms in total. The van der Waals surface area contributed by atoms with Crippen LogP contribution in [-0.4, -0.2) is 12.1 Å². The number of hydrogen-bond acceptors (Lipinski definition) is 2. The van der Waals surface area contributed by atoms with Gasteiger partial charge < -0.3 is 4.74 Å². The van der Waals surface area contributed by atoms with E-state index in [9.17, 15) is 4.79 Å². The van der Waals surface area contributed by atoms with Crippen molar-refractivity contribution in [1.82, 2.24) is 0 Å². The van der Waals surface area contributed by atoms with E-state index in [0.29, 0.717) is 0 Å². The van der Waals surface area contributed by atoms with Crippen LogP contribution in [0.15, 0.2) is 11.1 Å². The molecule has 2 heteroatoms. The van der Waals surface area contributed by atoms with Gasteiger partial charge in [0.2, 0.25) is 0 Å². The summed E-state index contributed by atoms with van der Waals surface area (Å²) in [4.78, 5) is 11.9. The molecule has 0 aromatic heterocycles. The molecule has 0 N–H and O–H groups in total. The lowest BCUT2D eigenvalue weighted by molar-refractivity contribution is -0.146. The largest absolute Gasteiger partial charge is 0.459 e. The van der Waals surface area contributed by atoms with Gasteiger partial charge in [0.15, 0.2) is 0 Å². The summed E-state index contributed by atoms with van der Waals surface area (Å²) in [6.45, 7) is 8.23. The van der Waals surface area contributed by atoms with Gasteiger partial charge in [0, 0.05) is 5.57 Å². The standard InChI is InChI=1S/C14H24O2/c1-5-13(10(2)3)14(15)16-12-8-6-11(4)7-9-12/h11-12H,5-9H2,1-4H3. The van der Waals surface area contributed by atoms with Crippen LogP contribution in [0.5, 0.6) is 0 Å². The van der Waals surface area contributed by atoms with Gasteiger partial charge in [-0.15, -0.1) is 0 Å². The number of ether oxygens (including phenoxy) is 1. The normalized spacial score (nSPS) is 25.0. The van der Waals surface area contributed by atoms with Gasteiger partial charge in [-0.2, -0.15) is 0 Å². The van der Waals surface area contributed by atoms with Crippen LogP contribution in [0.25, 0.3) is 0 Å². The highest BCUT2D eigenvalue weighted by Crippen LogP contribution is 2.26. The molecule has 1 fully saturated rings. The summed E-state index contributed by atoms with van der Waals surface area (Å²) in [5.41, 5.74) is 1.93. The highest BCUT2D eigenvalue weighted by molar-refractivity contribution is 5.89. The van der Waals surface area contributed by atoms with Gasteiger partial charge in [0.25, 0.3) is 0 Å². The minimum atomic E-state index is -0.0953. The number of carbonyl (C=O) groups excluding carboxylic acids is 1. The molecule has 0 atom stereocenters. The monoisotopic (exact) mass is 224 g/mol. The molecule has 0 bridgehead atoms. The fourth-order valence-electron chi connectivity index (χ4n) is 2.27. The van der Waals surface area contributed by atoms with Gasteiger partial charge in [-0.3, -0.25) is 0 Å². The quantitative estimate of drug-likeness (QED) is 0.537. The van der Waals surface area contributed by atoms with E-state index in [0.717, 1.165) is 36.3 Å². The van der Waals surface area contributed by atoms with Crippen molar-refractivity contribution >= 4 is 5.97 Å². The minimum Gasteiger partial charge on any atom is -0.459 e. The fourth-order valence-corrected chi connectivity index (χ4v) is 2.27. The number of hydrogen-bond donors (Lipinski definition) is 0. The van der Waals surface area contributed by atoms with E-state index in [-0.39, 0.29) is 12.1 Å². The van der Waals surface area contributed by atoms with Crippen molar-refractivity contribution < 1.29 is 9.53 Å². The molecule has 0 aromatic rings. The molecule has 0 saturated heterocycles. The Kier molecular flexibility index (Phi) is 5.04. The molecule has 0 aromatic carbocycles. The Balaban J connectivity index is 2.48. The zero-order chi connectivity index (χ0) is 12.1. The van der Waals surface area contributed by atoms with Crippen LogP contribution in [-0.2, 0) is 9.53 Å². The lowest BCUT2D eigenvalue weighted by Crippen LogP contribution is -2.24. The van der Waals surface area contributed by atoms with Gasteiger partial charge in [-0.25, -0.2) is 4.79 Å². The van der Waals surface area contributed by atoms with Gasteiger partial charge in [-0.1, -0.05) is 19.4 Å². The number of rotatable bonds is 3. The van der Waals surface area contributed by atoms with E-state index < -0.39 is 0 Å². The smallest absolute Gasteiger partial charge is 0.334 e. The predicted octanol–water partition coefficient (Wildman–Crippen LogP) is 3.85. The summed E-state index contributed by atoms with van der Waals surface area (Å²) in [6.07, 6.45) is 5.37. The fraction of sp³-hybridized carbons (Fsp3) is 0.786. The summed E-state index contributed by atoms with van der Waals surface area (Å²) < 4.78 is 5.56.